The molecule has 2 N–H and O–H groups in total. The monoisotopic (exact) mass is 197 g/mol. The predicted molar refractivity (Wildman–Crippen MR) is 57.1 cm³/mol. The van der Waals surface area contributed by atoms with E-state index in [9.17, 15) is 4.79 Å². The molecule has 0 aromatic heterocycles. The van der Waals surface area contributed by atoms with Crippen molar-refractivity contribution in [3.8, 4) is 0 Å². The van der Waals surface area contributed by atoms with E-state index in [1.54, 1.807) is 6.08 Å². The standard InChI is InChI=1S/C10H19N3O/c1-3-4-12-10(14)8-13-6-5-11-9(2)7-13/h3,9,11H,1,4-8H2,2H3,(H,12,14)/t9-/m0/s1. The number of rotatable bonds is 4. The molecule has 1 aliphatic heterocycles. The second-order valence-corrected chi connectivity index (χ2v) is 3.68. The Bertz CT molecular complexity index is 206. The molecule has 0 bridgehead atoms. The van der Waals surface area contributed by atoms with Crippen molar-refractivity contribution >= 4 is 5.91 Å². The van der Waals surface area contributed by atoms with Crippen LogP contribution in [0.5, 0.6) is 0 Å². The molecule has 0 unspecified atom stereocenters. The maximum Gasteiger partial charge on any atom is 0.234 e. The van der Waals surface area contributed by atoms with Crippen LogP contribution in [0.15, 0.2) is 12.7 Å². The van der Waals surface area contributed by atoms with Crippen LogP contribution in [0.3, 0.4) is 0 Å². The van der Waals surface area contributed by atoms with Crippen molar-refractivity contribution in [3.05, 3.63) is 12.7 Å². The van der Waals surface area contributed by atoms with Crippen LogP contribution in [-0.4, -0.2) is 49.6 Å². The van der Waals surface area contributed by atoms with Crippen LogP contribution in [0.2, 0.25) is 0 Å². The second kappa shape index (κ2) is 5.78. The summed E-state index contributed by atoms with van der Waals surface area (Å²) >= 11 is 0. The van der Waals surface area contributed by atoms with Crippen LogP contribution in [0.25, 0.3) is 0 Å². The molecule has 4 heteroatoms. The highest BCUT2D eigenvalue weighted by Crippen LogP contribution is 1.97. The molecule has 1 heterocycles. The van der Waals surface area contributed by atoms with Crippen LogP contribution in [0.1, 0.15) is 6.92 Å². The van der Waals surface area contributed by atoms with Crippen molar-refractivity contribution in [2.75, 3.05) is 32.7 Å². The van der Waals surface area contributed by atoms with Gasteiger partial charge in [-0.25, -0.2) is 0 Å². The summed E-state index contributed by atoms with van der Waals surface area (Å²) in [5.41, 5.74) is 0. The number of hydrogen-bond donors (Lipinski definition) is 2. The van der Waals surface area contributed by atoms with Gasteiger partial charge in [-0.15, -0.1) is 6.58 Å². The first-order valence-corrected chi connectivity index (χ1v) is 5.05. The van der Waals surface area contributed by atoms with Gasteiger partial charge in [0.1, 0.15) is 0 Å². The number of amides is 1. The molecule has 1 fully saturated rings. The summed E-state index contributed by atoms with van der Waals surface area (Å²) in [6.07, 6.45) is 1.69. The van der Waals surface area contributed by atoms with Gasteiger partial charge in [0.2, 0.25) is 5.91 Å². The number of nitrogens with zero attached hydrogens (tertiary/aromatic N) is 1. The van der Waals surface area contributed by atoms with E-state index in [0.29, 0.717) is 19.1 Å². The van der Waals surface area contributed by atoms with Gasteiger partial charge in [-0.3, -0.25) is 9.69 Å². The lowest BCUT2D eigenvalue weighted by molar-refractivity contribution is -0.122. The van der Waals surface area contributed by atoms with Gasteiger partial charge >= 0.3 is 0 Å². The third kappa shape index (κ3) is 3.89. The van der Waals surface area contributed by atoms with E-state index in [4.69, 9.17) is 0 Å². The van der Waals surface area contributed by atoms with Crippen LogP contribution in [-0.2, 0) is 4.79 Å². The van der Waals surface area contributed by atoms with E-state index >= 15 is 0 Å². The molecule has 0 spiro atoms. The summed E-state index contributed by atoms with van der Waals surface area (Å²) in [5, 5.41) is 6.11. The van der Waals surface area contributed by atoms with Gasteiger partial charge in [-0.2, -0.15) is 0 Å². The minimum atomic E-state index is 0.0824. The molecule has 0 radical (unpaired) electrons. The lowest BCUT2D eigenvalue weighted by Crippen LogP contribution is -2.51. The zero-order valence-electron chi connectivity index (χ0n) is 8.75. The molecule has 14 heavy (non-hydrogen) atoms. The first kappa shape index (κ1) is 11.2. The molecule has 1 amide bonds. The summed E-state index contributed by atoms with van der Waals surface area (Å²) in [6, 6.07) is 0.482. The fourth-order valence-electron chi connectivity index (χ4n) is 1.60. The average Bonchev–Trinajstić information content (AvgIpc) is 2.15. The first-order valence-electron chi connectivity index (χ1n) is 5.05. The smallest absolute Gasteiger partial charge is 0.234 e. The summed E-state index contributed by atoms with van der Waals surface area (Å²) in [7, 11) is 0. The molecule has 1 rings (SSSR count). The van der Waals surface area contributed by atoms with Crippen molar-refractivity contribution in [2.24, 2.45) is 0 Å². The Morgan fingerprint density at radius 2 is 2.57 bits per heavy atom. The largest absolute Gasteiger partial charge is 0.352 e. The van der Waals surface area contributed by atoms with Crippen LogP contribution >= 0.6 is 0 Å². The zero-order valence-corrected chi connectivity index (χ0v) is 8.75. The topological polar surface area (TPSA) is 44.4 Å². The zero-order chi connectivity index (χ0) is 10.4. The highest BCUT2D eigenvalue weighted by Gasteiger charge is 2.17. The third-order valence-electron chi connectivity index (χ3n) is 2.26. The SMILES string of the molecule is C=CCNC(=O)CN1CCN[C@@H](C)C1. The van der Waals surface area contributed by atoms with E-state index in [2.05, 4.69) is 29.0 Å². The maximum absolute atomic E-state index is 11.4. The van der Waals surface area contributed by atoms with Crippen molar-refractivity contribution in [1.29, 1.82) is 0 Å². The molecule has 0 aliphatic carbocycles. The van der Waals surface area contributed by atoms with E-state index < -0.39 is 0 Å². The average molecular weight is 197 g/mol. The molecule has 1 atom stereocenters. The first-order chi connectivity index (χ1) is 6.72. The minimum absolute atomic E-state index is 0.0824. The van der Waals surface area contributed by atoms with Crippen molar-refractivity contribution in [2.45, 2.75) is 13.0 Å². The lowest BCUT2D eigenvalue weighted by atomic mass is 10.2. The van der Waals surface area contributed by atoms with Gasteiger partial charge in [-0.1, -0.05) is 6.08 Å². The summed E-state index contributed by atoms with van der Waals surface area (Å²) in [5.74, 6) is 0.0824. The Morgan fingerprint density at radius 1 is 1.79 bits per heavy atom. The Labute approximate surface area is 85.3 Å². The number of carbonyl (C=O) groups excluding carboxylic acids is 1. The van der Waals surface area contributed by atoms with E-state index in [1.807, 2.05) is 0 Å². The number of carbonyl (C=O) groups is 1. The van der Waals surface area contributed by atoms with Crippen LogP contribution < -0.4 is 10.6 Å². The van der Waals surface area contributed by atoms with Gasteiger partial charge in [0, 0.05) is 32.2 Å². The van der Waals surface area contributed by atoms with Crippen molar-refractivity contribution in [1.82, 2.24) is 15.5 Å². The van der Waals surface area contributed by atoms with Gasteiger partial charge in [0.15, 0.2) is 0 Å². The van der Waals surface area contributed by atoms with Crippen LogP contribution in [0, 0.1) is 0 Å². The number of hydrogen-bond acceptors (Lipinski definition) is 3. The molecule has 1 aliphatic rings. The Balaban J connectivity index is 2.21. The number of piperazine rings is 1. The molecular formula is C10H19N3O. The van der Waals surface area contributed by atoms with E-state index in [-0.39, 0.29) is 5.91 Å². The molecule has 4 nitrogen and oxygen atoms in total. The Hall–Kier alpha value is -0.870. The summed E-state index contributed by atoms with van der Waals surface area (Å²) in [4.78, 5) is 13.5. The quantitative estimate of drug-likeness (QED) is 0.602. The van der Waals surface area contributed by atoms with E-state index in [1.165, 1.54) is 0 Å². The molecular weight excluding hydrogens is 178 g/mol. The minimum Gasteiger partial charge on any atom is -0.352 e. The fraction of sp³-hybridized carbons (Fsp3) is 0.700. The van der Waals surface area contributed by atoms with Crippen molar-refractivity contribution < 1.29 is 4.79 Å². The summed E-state index contributed by atoms with van der Waals surface area (Å²) in [6.45, 7) is 9.61. The fourth-order valence-corrected chi connectivity index (χ4v) is 1.60. The molecule has 0 saturated carbocycles. The summed E-state index contributed by atoms with van der Waals surface area (Å²) < 4.78 is 0. The van der Waals surface area contributed by atoms with E-state index in [0.717, 1.165) is 19.6 Å². The maximum atomic E-state index is 11.4. The van der Waals surface area contributed by atoms with Crippen molar-refractivity contribution in [3.63, 3.8) is 0 Å². The van der Waals surface area contributed by atoms with Gasteiger partial charge in [0.05, 0.1) is 6.54 Å². The second-order valence-electron chi connectivity index (χ2n) is 3.68. The molecule has 1 saturated heterocycles. The molecule has 0 aromatic carbocycles. The normalized spacial score (nSPS) is 23.1. The highest BCUT2D eigenvalue weighted by molar-refractivity contribution is 5.78. The van der Waals surface area contributed by atoms with Crippen LogP contribution in [0.4, 0.5) is 0 Å². The lowest BCUT2D eigenvalue weighted by Gasteiger charge is -2.31. The van der Waals surface area contributed by atoms with Gasteiger partial charge in [-0.05, 0) is 6.92 Å². The number of nitrogens with one attached hydrogen (secondary N) is 2. The predicted octanol–water partition coefficient (Wildman–Crippen LogP) is -0.418. The molecule has 80 valence electrons. The Morgan fingerprint density at radius 3 is 3.21 bits per heavy atom. The molecule has 0 aromatic rings. The van der Waals surface area contributed by atoms with Gasteiger partial charge in [0.25, 0.3) is 0 Å². The van der Waals surface area contributed by atoms with Gasteiger partial charge < -0.3 is 10.6 Å². The Kier molecular flexibility index (Phi) is 4.62. The highest BCUT2D eigenvalue weighted by atomic mass is 16.2. The third-order valence-corrected chi connectivity index (χ3v) is 2.26.